The zero-order valence-corrected chi connectivity index (χ0v) is 12.9. The molecule has 0 bridgehead atoms. The van der Waals surface area contributed by atoms with Crippen LogP contribution in [-0.4, -0.2) is 13.5 Å². The average Bonchev–Trinajstić information content (AvgIpc) is 2.36. The molecule has 0 radical (unpaired) electrons. The third-order valence-electron chi connectivity index (χ3n) is 2.40. The molecule has 8 heteroatoms. The smallest absolute Gasteiger partial charge is 0.261 e. The monoisotopic (exact) mass is 379 g/mol. The van der Waals surface area contributed by atoms with Gasteiger partial charge in [-0.3, -0.25) is 4.72 Å². The van der Waals surface area contributed by atoms with Crippen LogP contribution in [0.3, 0.4) is 0 Å². The van der Waals surface area contributed by atoms with Crippen molar-refractivity contribution in [3.8, 4) is 5.75 Å². The standard InChI is InChI=1S/C12H8BrClFNO3S/c13-7-1-3-8(4-2-7)20(18,19)16-11-5-9(14)12(17)6-10(11)15/h1-6,16-17H. The van der Waals surface area contributed by atoms with Gasteiger partial charge in [0, 0.05) is 10.5 Å². The molecule has 2 N–H and O–H groups in total. The summed E-state index contributed by atoms with van der Waals surface area (Å²) in [6.45, 7) is 0. The van der Waals surface area contributed by atoms with E-state index in [-0.39, 0.29) is 15.6 Å². The molecule has 0 saturated carbocycles. The highest BCUT2D eigenvalue weighted by Crippen LogP contribution is 2.30. The van der Waals surface area contributed by atoms with Crippen molar-refractivity contribution in [1.29, 1.82) is 0 Å². The molecule has 0 saturated heterocycles. The van der Waals surface area contributed by atoms with Crippen LogP contribution in [0.2, 0.25) is 5.02 Å². The normalized spacial score (nSPS) is 11.3. The van der Waals surface area contributed by atoms with Crippen molar-refractivity contribution >= 4 is 43.2 Å². The second kappa shape index (κ2) is 5.59. The van der Waals surface area contributed by atoms with Crippen molar-refractivity contribution in [2.24, 2.45) is 0 Å². The molecule has 0 amide bonds. The largest absolute Gasteiger partial charge is 0.506 e. The van der Waals surface area contributed by atoms with Crippen LogP contribution in [0.1, 0.15) is 0 Å². The van der Waals surface area contributed by atoms with E-state index in [2.05, 4.69) is 20.7 Å². The first kappa shape index (κ1) is 15.1. The lowest BCUT2D eigenvalue weighted by Crippen LogP contribution is -2.13. The number of sulfonamides is 1. The van der Waals surface area contributed by atoms with E-state index >= 15 is 0 Å². The predicted octanol–water partition coefficient (Wildman–Crippen LogP) is 3.75. The number of phenols is 1. The molecule has 0 fully saturated rings. The molecule has 0 atom stereocenters. The Kier molecular flexibility index (Phi) is 4.22. The Morgan fingerprint density at radius 3 is 2.40 bits per heavy atom. The lowest BCUT2D eigenvalue weighted by Gasteiger charge is -2.10. The minimum atomic E-state index is -3.93. The minimum absolute atomic E-state index is 0.0238. The van der Waals surface area contributed by atoms with Crippen molar-refractivity contribution in [2.45, 2.75) is 4.90 Å². The molecular weight excluding hydrogens is 373 g/mol. The third-order valence-corrected chi connectivity index (χ3v) is 4.62. The molecule has 0 aromatic heterocycles. The minimum Gasteiger partial charge on any atom is -0.506 e. The summed E-state index contributed by atoms with van der Waals surface area (Å²) in [5.74, 6) is -1.39. The molecule has 0 aliphatic rings. The van der Waals surface area contributed by atoms with Gasteiger partial charge in [-0.25, -0.2) is 12.8 Å². The molecule has 2 aromatic carbocycles. The van der Waals surface area contributed by atoms with Gasteiger partial charge in [-0.15, -0.1) is 0 Å². The first-order chi connectivity index (χ1) is 9.29. The highest BCUT2D eigenvalue weighted by atomic mass is 79.9. The highest BCUT2D eigenvalue weighted by molar-refractivity contribution is 9.10. The summed E-state index contributed by atoms with van der Waals surface area (Å²) in [5.41, 5.74) is -0.337. The SMILES string of the molecule is O=S(=O)(Nc1cc(Cl)c(O)cc1F)c1ccc(Br)cc1. The number of rotatable bonds is 3. The van der Waals surface area contributed by atoms with Gasteiger partial charge in [0.05, 0.1) is 15.6 Å². The van der Waals surface area contributed by atoms with Crippen molar-refractivity contribution < 1.29 is 17.9 Å². The van der Waals surface area contributed by atoms with Crippen LogP contribution in [0.4, 0.5) is 10.1 Å². The topological polar surface area (TPSA) is 66.4 Å². The molecular formula is C12H8BrClFNO3S. The van der Waals surface area contributed by atoms with Crippen molar-refractivity contribution in [2.75, 3.05) is 4.72 Å². The highest BCUT2D eigenvalue weighted by Gasteiger charge is 2.17. The Labute approximate surface area is 128 Å². The van der Waals surface area contributed by atoms with E-state index in [0.717, 1.165) is 16.6 Å². The van der Waals surface area contributed by atoms with Crippen molar-refractivity contribution in [1.82, 2.24) is 0 Å². The fraction of sp³-hybridized carbons (Fsp3) is 0. The quantitative estimate of drug-likeness (QED) is 0.797. The molecule has 2 aromatic rings. The maximum Gasteiger partial charge on any atom is 0.261 e. The van der Waals surface area contributed by atoms with E-state index in [9.17, 15) is 17.9 Å². The van der Waals surface area contributed by atoms with Crippen LogP contribution in [0.5, 0.6) is 5.75 Å². The number of phenolic OH excluding ortho intramolecular Hbond substituents is 1. The van der Waals surface area contributed by atoms with E-state index < -0.39 is 21.6 Å². The van der Waals surface area contributed by atoms with Crippen molar-refractivity contribution in [3.63, 3.8) is 0 Å². The predicted molar refractivity (Wildman–Crippen MR) is 78.0 cm³/mol. The zero-order chi connectivity index (χ0) is 14.9. The van der Waals surface area contributed by atoms with Crippen LogP contribution < -0.4 is 4.72 Å². The summed E-state index contributed by atoms with van der Waals surface area (Å²) in [5, 5.41) is 9.06. The fourth-order valence-electron chi connectivity index (χ4n) is 1.43. The summed E-state index contributed by atoms with van der Waals surface area (Å²) in [6, 6.07) is 7.58. The van der Waals surface area contributed by atoms with E-state index in [4.69, 9.17) is 11.6 Å². The molecule has 2 rings (SSSR count). The van der Waals surface area contributed by atoms with E-state index in [0.29, 0.717) is 0 Å². The number of benzene rings is 2. The van der Waals surface area contributed by atoms with E-state index in [1.165, 1.54) is 12.1 Å². The second-order valence-electron chi connectivity index (χ2n) is 3.84. The molecule has 0 spiro atoms. The Morgan fingerprint density at radius 2 is 1.80 bits per heavy atom. The summed E-state index contributed by atoms with van der Waals surface area (Å²) in [7, 11) is -3.93. The van der Waals surface area contributed by atoms with Crippen LogP contribution >= 0.6 is 27.5 Å². The number of hydrogen-bond acceptors (Lipinski definition) is 3. The summed E-state index contributed by atoms with van der Waals surface area (Å²) < 4.78 is 40.5. The molecule has 0 aliphatic heterocycles. The molecule has 0 heterocycles. The molecule has 106 valence electrons. The summed E-state index contributed by atoms with van der Waals surface area (Å²) in [6.07, 6.45) is 0. The lowest BCUT2D eigenvalue weighted by atomic mass is 10.3. The van der Waals surface area contributed by atoms with Crippen LogP contribution in [0, 0.1) is 5.82 Å². The Hall–Kier alpha value is -1.31. The van der Waals surface area contributed by atoms with Gasteiger partial charge in [-0.2, -0.15) is 0 Å². The Morgan fingerprint density at radius 1 is 1.20 bits per heavy atom. The van der Waals surface area contributed by atoms with Gasteiger partial charge < -0.3 is 5.11 Å². The fourth-order valence-corrected chi connectivity index (χ4v) is 2.92. The molecule has 20 heavy (non-hydrogen) atoms. The molecule has 4 nitrogen and oxygen atoms in total. The summed E-state index contributed by atoms with van der Waals surface area (Å²) >= 11 is 8.81. The number of aromatic hydroxyl groups is 1. The van der Waals surface area contributed by atoms with E-state index in [1.807, 2.05) is 0 Å². The Bertz CT molecular complexity index is 750. The van der Waals surface area contributed by atoms with Gasteiger partial charge in [0.2, 0.25) is 0 Å². The maximum atomic E-state index is 13.6. The lowest BCUT2D eigenvalue weighted by molar-refractivity contribution is 0.470. The third kappa shape index (κ3) is 3.23. The van der Waals surface area contributed by atoms with Gasteiger partial charge in [-0.05, 0) is 30.3 Å². The maximum absolute atomic E-state index is 13.6. The molecule has 0 unspecified atom stereocenters. The van der Waals surface area contributed by atoms with Crippen LogP contribution in [0.15, 0.2) is 45.8 Å². The van der Waals surface area contributed by atoms with Crippen molar-refractivity contribution in [3.05, 3.63) is 51.7 Å². The average molecular weight is 381 g/mol. The van der Waals surface area contributed by atoms with Gasteiger partial charge in [0.15, 0.2) is 5.82 Å². The van der Waals surface area contributed by atoms with E-state index in [1.54, 1.807) is 12.1 Å². The molecule has 0 aliphatic carbocycles. The van der Waals surface area contributed by atoms with Gasteiger partial charge in [0.1, 0.15) is 5.75 Å². The number of anilines is 1. The zero-order valence-electron chi connectivity index (χ0n) is 9.77. The second-order valence-corrected chi connectivity index (χ2v) is 6.85. The number of nitrogens with one attached hydrogen (secondary N) is 1. The van der Waals surface area contributed by atoms with Gasteiger partial charge in [-0.1, -0.05) is 27.5 Å². The number of halogens is 3. The number of hydrogen-bond donors (Lipinski definition) is 2. The van der Waals surface area contributed by atoms with Crippen LogP contribution in [-0.2, 0) is 10.0 Å². The van der Waals surface area contributed by atoms with Gasteiger partial charge in [0.25, 0.3) is 10.0 Å². The summed E-state index contributed by atoms with van der Waals surface area (Å²) in [4.78, 5) is -0.0238. The van der Waals surface area contributed by atoms with Crippen LogP contribution in [0.25, 0.3) is 0 Å². The first-order valence-corrected chi connectivity index (χ1v) is 7.91. The Balaban J connectivity index is 2.38. The van der Waals surface area contributed by atoms with Gasteiger partial charge >= 0.3 is 0 Å². The first-order valence-electron chi connectivity index (χ1n) is 5.26.